The smallest absolute Gasteiger partial charge is 0.416 e. The van der Waals surface area contributed by atoms with E-state index in [0.717, 1.165) is 38.1 Å². The Morgan fingerprint density at radius 1 is 1.06 bits per heavy atom. The van der Waals surface area contributed by atoms with E-state index in [-0.39, 0.29) is 18.5 Å². The summed E-state index contributed by atoms with van der Waals surface area (Å²) in [7, 11) is 0. The number of piperidine rings is 1. The van der Waals surface area contributed by atoms with Crippen LogP contribution in [0.2, 0.25) is 0 Å². The zero-order valence-corrected chi connectivity index (χ0v) is 10.5. The molecule has 1 aliphatic rings. The first kappa shape index (κ1) is 15.1. The molecule has 0 radical (unpaired) electrons. The third kappa shape index (κ3) is 4.07. The van der Waals surface area contributed by atoms with Crippen LogP contribution in [0.4, 0.5) is 13.2 Å². The molecule has 0 atom stereocenters. The predicted molar refractivity (Wildman–Crippen MR) is 65.2 cm³/mol. The number of benzene rings is 1. The van der Waals surface area contributed by atoms with Crippen molar-refractivity contribution >= 4 is 12.4 Å². The maximum atomic E-state index is 12.3. The summed E-state index contributed by atoms with van der Waals surface area (Å²) in [5, 5.41) is 3.20. The topological polar surface area (TPSA) is 21.3 Å². The fourth-order valence-electron chi connectivity index (χ4n) is 1.83. The van der Waals surface area contributed by atoms with E-state index in [1.54, 1.807) is 0 Å². The second-order valence-corrected chi connectivity index (χ2v) is 4.09. The first-order chi connectivity index (χ1) is 8.05. The van der Waals surface area contributed by atoms with Gasteiger partial charge in [-0.15, -0.1) is 12.4 Å². The lowest BCUT2D eigenvalue weighted by atomic mass is 10.1. The lowest BCUT2D eigenvalue weighted by Crippen LogP contribution is -2.34. The molecule has 0 unspecified atom stereocenters. The van der Waals surface area contributed by atoms with Gasteiger partial charge in [0.25, 0.3) is 0 Å². The molecule has 1 N–H and O–H groups in total. The van der Waals surface area contributed by atoms with Crippen molar-refractivity contribution in [1.29, 1.82) is 0 Å². The van der Waals surface area contributed by atoms with E-state index in [1.165, 1.54) is 12.1 Å². The molecule has 1 aromatic rings. The van der Waals surface area contributed by atoms with Gasteiger partial charge in [0, 0.05) is 0 Å². The van der Waals surface area contributed by atoms with Gasteiger partial charge in [-0.3, -0.25) is 0 Å². The lowest BCUT2D eigenvalue weighted by Gasteiger charge is -2.23. The summed E-state index contributed by atoms with van der Waals surface area (Å²) >= 11 is 0. The Bertz CT molecular complexity index is 361. The van der Waals surface area contributed by atoms with Crippen molar-refractivity contribution in [3.8, 4) is 5.75 Å². The van der Waals surface area contributed by atoms with Gasteiger partial charge in [0.05, 0.1) is 5.56 Å². The molecule has 1 aliphatic heterocycles. The van der Waals surface area contributed by atoms with Crippen molar-refractivity contribution in [2.45, 2.75) is 25.1 Å². The summed E-state index contributed by atoms with van der Waals surface area (Å²) in [5.41, 5.74) is -0.643. The molecule has 6 heteroatoms. The van der Waals surface area contributed by atoms with Crippen LogP contribution in [0.15, 0.2) is 24.3 Å². The second-order valence-electron chi connectivity index (χ2n) is 4.09. The largest absolute Gasteiger partial charge is 0.490 e. The SMILES string of the molecule is Cl.FC(F)(F)c1ccc(OC2CCNCC2)cc1. The molecule has 18 heavy (non-hydrogen) atoms. The number of rotatable bonds is 2. The van der Waals surface area contributed by atoms with Crippen LogP contribution in [-0.2, 0) is 6.18 Å². The molecule has 0 saturated carbocycles. The zero-order chi connectivity index (χ0) is 12.3. The van der Waals surface area contributed by atoms with Crippen LogP contribution in [0, 0.1) is 0 Å². The number of alkyl halides is 3. The van der Waals surface area contributed by atoms with Crippen molar-refractivity contribution in [1.82, 2.24) is 5.32 Å². The van der Waals surface area contributed by atoms with Gasteiger partial charge in [-0.2, -0.15) is 13.2 Å². The average Bonchev–Trinajstić information content (AvgIpc) is 2.30. The minimum atomic E-state index is -4.28. The summed E-state index contributed by atoms with van der Waals surface area (Å²) in [6.45, 7) is 1.79. The van der Waals surface area contributed by atoms with Gasteiger partial charge in [-0.1, -0.05) is 0 Å². The van der Waals surface area contributed by atoms with Crippen LogP contribution in [0.25, 0.3) is 0 Å². The number of halogens is 4. The zero-order valence-electron chi connectivity index (χ0n) is 9.67. The van der Waals surface area contributed by atoms with E-state index in [2.05, 4.69) is 5.32 Å². The highest BCUT2D eigenvalue weighted by atomic mass is 35.5. The summed E-state index contributed by atoms with van der Waals surface area (Å²) in [6.07, 6.45) is -2.40. The Hall–Kier alpha value is -0.940. The Morgan fingerprint density at radius 2 is 1.61 bits per heavy atom. The van der Waals surface area contributed by atoms with Crippen molar-refractivity contribution in [2.24, 2.45) is 0 Å². The Kier molecular flexibility index (Phi) is 5.28. The number of hydrogen-bond acceptors (Lipinski definition) is 2. The molecule has 1 aromatic carbocycles. The summed E-state index contributed by atoms with van der Waals surface area (Å²) < 4.78 is 42.6. The molecule has 0 spiro atoms. The van der Waals surface area contributed by atoms with Gasteiger partial charge in [0.2, 0.25) is 0 Å². The van der Waals surface area contributed by atoms with E-state index >= 15 is 0 Å². The average molecular weight is 282 g/mol. The van der Waals surface area contributed by atoms with Crippen LogP contribution >= 0.6 is 12.4 Å². The van der Waals surface area contributed by atoms with E-state index in [9.17, 15) is 13.2 Å². The Labute approximate surface area is 110 Å². The van der Waals surface area contributed by atoms with Crippen molar-refractivity contribution in [2.75, 3.05) is 13.1 Å². The number of hydrogen-bond donors (Lipinski definition) is 1. The van der Waals surface area contributed by atoms with E-state index in [4.69, 9.17) is 4.74 Å². The third-order valence-corrected chi connectivity index (χ3v) is 2.77. The molecule has 0 bridgehead atoms. The summed E-state index contributed by atoms with van der Waals surface area (Å²) in [5.74, 6) is 0.505. The van der Waals surface area contributed by atoms with Crippen molar-refractivity contribution in [3.05, 3.63) is 29.8 Å². The molecule has 1 fully saturated rings. The molecular formula is C12H15ClF3NO. The molecule has 2 nitrogen and oxygen atoms in total. The van der Waals surface area contributed by atoms with E-state index in [1.807, 2.05) is 0 Å². The monoisotopic (exact) mass is 281 g/mol. The number of nitrogens with one attached hydrogen (secondary N) is 1. The molecule has 102 valence electrons. The van der Waals surface area contributed by atoms with Crippen LogP contribution in [0.5, 0.6) is 5.75 Å². The molecule has 1 heterocycles. The van der Waals surface area contributed by atoms with Gasteiger partial charge >= 0.3 is 6.18 Å². The highest BCUT2D eigenvalue weighted by Crippen LogP contribution is 2.30. The fraction of sp³-hybridized carbons (Fsp3) is 0.500. The lowest BCUT2D eigenvalue weighted by molar-refractivity contribution is -0.137. The fourth-order valence-corrected chi connectivity index (χ4v) is 1.83. The van der Waals surface area contributed by atoms with Crippen molar-refractivity contribution < 1.29 is 17.9 Å². The first-order valence-electron chi connectivity index (χ1n) is 5.60. The van der Waals surface area contributed by atoms with E-state index < -0.39 is 11.7 Å². The molecular weight excluding hydrogens is 267 g/mol. The summed E-state index contributed by atoms with van der Waals surface area (Å²) in [6, 6.07) is 4.86. The normalized spacial score (nSPS) is 17.1. The highest BCUT2D eigenvalue weighted by molar-refractivity contribution is 5.85. The van der Waals surface area contributed by atoms with Crippen LogP contribution < -0.4 is 10.1 Å². The van der Waals surface area contributed by atoms with Crippen LogP contribution in [0.3, 0.4) is 0 Å². The van der Waals surface area contributed by atoms with Crippen LogP contribution in [0.1, 0.15) is 18.4 Å². The minimum Gasteiger partial charge on any atom is -0.490 e. The Balaban J connectivity index is 0.00000162. The quantitative estimate of drug-likeness (QED) is 0.898. The highest BCUT2D eigenvalue weighted by Gasteiger charge is 2.30. The number of ether oxygens (including phenoxy) is 1. The van der Waals surface area contributed by atoms with Crippen LogP contribution in [-0.4, -0.2) is 19.2 Å². The molecule has 0 aromatic heterocycles. The van der Waals surface area contributed by atoms with Gasteiger partial charge in [-0.25, -0.2) is 0 Å². The maximum absolute atomic E-state index is 12.3. The molecule has 0 aliphatic carbocycles. The summed E-state index contributed by atoms with van der Waals surface area (Å²) in [4.78, 5) is 0. The van der Waals surface area contributed by atoms with Gasteiger partial charge in [0.1, 0.15) is 11.9 Å². The maximum Gasteiger partial charge on any atom is 0.416 e. The molecule has 0 amide bonds. The third-order valence-electron chi connectivity index (χ3n) is 2.77. The van der Waals surface area contributed by atoms with Gasteiger partial charge in [-0.05, 0) is 50.2 Å². The van der Waals surface area contributed by atoms with Gasteiger partial charge < -0.3 is 10.1 Å². The van der Waals surface area contributed by atoms with Gasteiger partial charge in [0.15, 0.2) is 0 Å². The van der Waals surface area contributed by atoms with E-state index in [0.29, 0.717) is 5.75 Å². The van der Waals surface area contributed by atoms with Crippen molar-refractivity contribution in [3.63, 3.8) is 0 Å². The standard InChI is InChI=1S/C12H14F3NO.ClH/c13-12(14,15)9-1-3-10(4-2-9)17-11-5-7-16-8-6-11;/h1-4,11,16H,5-8H2;1H. The first-order valence-corrected chi connectivity index (χ1v) is 5.60. The Morgan fingerprint density at radius 3 is 2.11 bits per heavy atom. The second kappa shape index (κ2) is 6.29. The predicted octanol–water partition coefficient (Wildman–Crippen LogP) is 3.26. The molecule has 2 rings (SSSR count). The minimum absolute atomic E-state index is 0. The molecule has 1 saturated heterocycles.